The zero-order valence-electron chi connectivity index (χ0n) is 32.3. The number of carbonyl (C=O) groups excluding carboxylic acids is 4. The van der Waals surface area contributed by atoms with Crippen molar-refractivity contribution < 1.29 is 37.1 Å². The van der Waals surface area contributed by atoms with Crippen LogP contribution in [0.2, 0.25) is 5.02 Å². The summed E-state index contributed by atoms with van der Waals surface area (Å²) in [5.74, 6) is -1.66. The van der Waals surface area contributed by atoms with Crippen LogP contribution in [0.1, 0.15) is 103 Å². The van der Waals surface area contributed by atoms with Gasteiger partial charge in [-0.1, -0.05) is 63.4 Å². The number of ether oxygens (including phenoxy) is 2. The number of aryl methyl sites for hydroxylation is 2. The van der Waals surface area contributed by atoms with Crippen LogP contribution in [-0.4, -0.2) is 83.2 Å². The second-order valence-corrected chi connectivity index (χ2v) is 20.3. The molecule has 55 heavy (non-hydrogen) atoms. The Labute approximate surface area is 327 Å². The molecule has 0 radical (unpaired) electrons. The zero-order chi connectivity index (χ0) is 39.6. The van der Waals surface area contributed by atoms with Crippen LogP contribution in [0.3, 0.4) is 0 Å². The van der Waals surface area contributed by atoms with Crippen LogP contribution in [0.5, 0.6) is 5.75 Å². The van der Waals surface area contributed by atoms with Gasteiger partial charge in [-0.05, 0) is 82.8 Å². The van der Waals surface area contributed by atoms with Gasteiger partial charge in [0.2, 0.25) is 21.8 Å². The Hall–Kier alpha value is -3.91. The zero-order valence-corrected chi connectivity index (χ0v) is 33.8. The third kappa shape index (κ3) is 7.90. The van der Waals surface area contributed by atoms with E-state index in [0.29, 0.717) is 61.4 Å². The maximum absolute atomic E-state index is 14.7. The van der Waals surface area contributed by atoms with Gasteiger partial charge in [-0.2, -0.15) is 0 Å². The van der Waals surface area contributed by atoms with E-state index in [2.05, 4.69) is 15.4 Å². The van der Waals surface area contributed by atoms with Crippen LogP contribution in [0.4, 0.5) is 4.79 Å². The molecule has 2 saturated carbocycles. The Balaban J connectivity index is 1.22. The molecular weight excluding hydrogens is 746 g/mol. The van der Waals surface area contributed by atoms with Crippen molar-refractivity contribution >= 4 is 56.3 Å². The number of alkyl carbamates (subject to hydrolysis) is 1. The highest BCUT2D eigenvalue weighted by atomic mass is 35.5. The molecule has 2 aromatic rings. The normalized spacial score (nSPS) is 29.7. The Bertz CT molecular complexity index is 2060. The van der Waals surface area contributed by atoms with Crippen LogP contribution >= 0.6 is 11.6 Å². The lowest BCUT2D eigenvalue weighted by atomic mass is 9.87. The van der Waals surface area contributed by atoms with Gasteiger partial charge in [0.05, 0.1) is 29.1 Å². The van der Waals surface area contributed by atoms with Crippen molar-refractivity contribution in [3.8, 4) is 5.75 Å². The number of nitrogens with one attached hydrogen (secondary N) is 3. The SMILES string of the molecule is Cc1nc2cc(Cl)ccc2c2c1O[C@]1(CC2)C[C@H]2C(=O)N[C@]3(C(=O)NS(=O)(=O)C4(C)CC4)C[C@H]3/C=C\CCCCC[C@H](NC(=O)OCC(C)(C)C)C(=O)N2C1. The van der Waals surface area contributed by atoms with Crippen molar-refractivity contribution in [2.24, 2.45) is 11.3 Å². The molecule has 4 amide bonds. The Morgan fingerprint density at radius 3 is 2.62 bits per heavy atom. The van der Waals surface area contributed by atoms with Crippen molar-refractivity contribution in [3.05, 3.63) is 46.6 Å². The summed E-state index contributed by atoms with van der Waals surface area (Å²) in [7, 11) is -3.99. The summed E-state index contributed by atoms with van der Waals surface area (Å²) in [6.45, 7) is 9.46. The number of benzene rings is 1. The van der Waals surface area contributed by atoms with E-state index in [9.17, 15) is 27.6 Å². The third-order valence-corrected chi connectivity index (χ3v) is 14.3. The average molecular weight is 798 g/mol. The van der Waals surface area contributed by atoms with Crippen molar-refractivity contribution in [1.82, 2.24) is 25.2 Å². The molecule has 0 bridgehead atoms. The number of pyridine rings is 1. The maximum Gasteiger partial charge on any atom is 0.407 e. The van der Waals surface area contributed by atoms with E-state index < -0.39 is 67.7 Å². The van der Waals surface area contributed by atoms with E-state index in [1.807, 2.05) is 58.0 Å². The standard InChI is InChI=1S/C40H52ClN5O8S/c1-24-32-28(27-14-13-26(41)19-30(27)42-24)15-16-39(54-32)21-31-33(47)44-40(35(49)45-55(51,52)38(5)17-18-38)20-25(40)11-9-7-6-8-10-12-29(34(48)46(31)22-39)43-36(50)53-23-37(2,3)4/h9,11,13-14,19,25,29,31H,6-8,10,12,15-18,20-23H2,1-5H3,(H,43,50)(H,44,47)(H,45,49)/b11-9-/t25-,29+,31+,39-,40-/m1/s1. The number of nitrogens with zero attached hydrogens (tertiary/aromatic N) is 2. The van der Waals surface area contributed by atoms with Crippen LogP contribution < -0.4 is 20.1 Å². The van der Waals surface area contributed by atoms with Crippen LogP contribution in [0.15, 0.2) is 30.4 Å². The molecular formula is C40H52ClN5O8S. The Morgan fingerprint density at radius 1 is 1.13 bits per heavy atom. The van der Waals surface area contributed by atoms with E-state index in [1.54, 1.807) is 6.92 Å². The monoisotopic (exact) mass is 797 g/mol. The lowest BCUT2D eigenvalue weighted by Gasteiger charge is -2.36. The van der Waals surface area contributed by atoms with Gasteiger partial charge in [-0.3, -0.25) is 19.1 Å². The van der Waals surface area contributed by atoms with E-state index in [1.165, 1.54) is 4.90 Å². The van der Waals surface area contributed by atoms with Gasteiger partial charge in [-0.25, -0.2) is 18.2 Å². The number of carbonyl (C=O) groups is 4. The molecule has 2 aliphatic carbocycles. The first-order valence-corrected chi connectivity index (χ1v) is 21.3. The minimum Gasteiger partial charge on any atom is -0.483 e. The van der Waals surface area contributed by atoms with E-state index in [4.69, 9.17) is 26.1 Å². The highest BCUT2D eigenvalue weighted by Gasteiger charge is 2.64. The van der Waals surface area contributed by atoms with Crippen molar-refractivity contribution in [2.45, 2.75) is 133 Å². The Kier molecular flexibility index (Phi) is 10.2. The fourth-order valence-electron chi connectivity index (χ4n) is 8.13. The summed E-state index contributed by atoms with van der Waals surface area (Å²) in [6, 6.07) is 3.47. The molecule has 3 aliphatic heterocycles. The first-order chi connectivity index (χ1) is 25.8. The van der Waals surface area contributed by atoms with Gasteiger partial charge < -0.3 is 25.0 Å². The first kappa shape index (κ1) is 39.3. The number of allylic oxidation sites excluding steroid dienone is 1. The Morgan fingerprint density at radius 2 is 1.89 bits per heavy atom. The van der Waals surface area contributed by atoms with Crippen LogP contribution in [0.25, 0.3) is 10.9 Å². The number of amides is 4. The lowest BCUT2D eigenvalue weighted by molar-refractivity contribution is -0.141. The van der Waals surface area contributed by atoms with Gasteiger partial charge in [0.25, 0.3) is 5.91 Å². The predicted molar refractivity (Wildman–Crippen MR) is 207 cm³/mol. The number of sulfonamides is 1. The topological polar surface area (TPSA) is 173 Å². The summed E-state index contributed by atoms with van der Waals surface area (Å²) < 4.78 is 40.0. The quantitative estimate of drug-likeness (QED) is 0.335. The second kappa shape index (κ2) is 14.2. The van der Waals surface area contributed by atoms with E-state index in [0.717, 1.165) is 29.3 Å². The molecule has 5 aliphatic rings. The average Bonchev–Trinajstić information content (AvgIpc) is 4.00. The van der Waals surface area contributed by atoms with E-state index in [-0.39, 0.29) is 31.4 Å². The minimum atomic E-state index is -3.99. The number of rotatable bonds is 5. The van der Waals surface area contributed by atoms with Crippen molar-refractivity contribution in [2.75, 3.05) is 13.2 Å². The van der Waals surface area contributed by atoms with E-state index >= 15 is 0 Å². The lowest BCUT2D eigenvalue weighted by Crippen LogP contribution is -2.58. The van der Waals surface area contributed by atoms with Gasteiger partial charge >= 0.3 is 6.09 Å². The molecule has 5 atom stereocenters. The maximum atomic E-state index is 14.7. The molecule has 3 N–H and O–H groups in total. The third-order valence-electron chi connectivity index (χ3n) is 11.9. The molecule has 7 rings (SSSR count). The van der Waals surface area contributed by atoms with Crippen LogP contribution in [0, 0.1) is 18.3 Å². The molecule has 1 aromatic heterocycles. The van der Waals surface area contributed by atoms with Crippen molar-refractivity contribution in [1.29, 1.82) is 0 Å². The second-order valence-electron chi connectivity index (χ2n) is 17.7. The number of hydrogen-bond donors (Lipinski definition) is 3. The molecule has 1 aromatic carbocycles. The molecule has 1 saturated heterocycles. The molecule has 13 nitrogen and oxygen atoms in total. The number of hydrogen-bond acceptors (Lipinski definition) is 9. The molecule has 298 valence electrons. The highest BCUT2D eigenvalue weighted by Crippen LogP contribution is 2.49. The summed E-state index contributed by atoms with van der Waals surface area (Å²) in [6.07, 6.45) is 8.65. The van der Waals surface area contributed by atoms with Crippen molar-refractivity contribution in [3.63, 3.8) is 0 Å². The fourth-order valence-corrected chi connectivity index (χ4v) is 9.61. The number of halogens is 1. The summed E-state index contributed by atoms with van der Waals surface area (Å²) in [5, 5.41) is 7.23. The molecule has 3 fully saturated rings. The van der Waals surface area contributed by atoms with Crippen LogP contribution in [-0.2, 0) is 35.6 Å². The largest absolute Gasteiger partial charge is 0.483 e. The molecule has 1 spiro atoms. The fraction of sp³-hybridized carbons (Fsp3) is 0.625. The minimum absolute atomic E-state index is 0.0476. The molecule has 0 unspecified atom stereocenters. The summed E-state index contributed by atoms with van der Waals surface area (Å²) in [5.41, 5.74) is -0.412. The predicted octanol–water partition coefficient (Wildman–Crippen LogP) is 5.40. The van der Waals surface area contributed by atoms with Gasteiger partial charge in [-0.15, -0.1) is 0 Å². The highest BCUT2D eigenvalue weighted by molar-refractivity contribution is 7.91. The summed E-state index contributed by atoms with van der Waals surface area (Å²) in [4.78, 5) is 62.6. The van der Waals surface area contributed by atoms with Gasteiger partial charge in [0, 0.05) is 28.3 Å². The number of fused-ring (bicyclic) bond motifs is 5. The van der Waals surface area contributed by atoms with Gasteiger partial charge in [0.15, 0.2) is 0 Å². The smallest absolute Gasteiger partial charge is 0.407 e. The van der Waals surface area contributed by atoms with Gasteiger partial charge in [0.1, 0.15) is 29.0 Å². The molecule has 4 heterocycles. The summed E-state index contributed by atoms with van der Waals surface area (Å²) >= 11 is 6.28. The first-order valence-electron chi connectivity index (χ1n) is 19.4. The molecule has 15 heteroatoms. The number of aromatic nitrogens is 1.